The summed E-state index contributed by atoms with van der Waals surface area (Å²) in [7, 11) is 0. The second kappa shape index (κ2) is 11.1. The molecule has 0 bridgehead atoms. The van der Waals surface area contributed by atoms with Crippen molar-refractivity contribution < 1.29 is 9.59 Å². The molecule has 76 valence electrons. The van der Waals surface area contributed by atoms with E-state index in [1.165, 1.54) is 18.1 Å². The highest BCUT2D eigenvalue weighted by atomic mass is 16.1. The quantitative estimate of drug-likeness (QED) is 0.382. The van der Waals surface area contributed by atoms with Crippen molar-refractivity contribution in [1.82, 2.24) is 0 Å². The van der Waals surface area contributed by atoms with Gasteiger partial charge in [0.1, 0.15) is 12.6 Å². The molecular weight excluding hydrogens is 164 g/mol. The van der Waals surface area contributed by atoms with E-state index < -0.39 is 0 Å². The monoisotopic (exact) mass is 184 g/mol. The molecule has 0 saturated heterocycles. The normalized spacial score (nSPS) is 8.00. The van der Waals surface area contributed by atoms with Gasteiger partial charge in [0, 0.05) is 6.42 Å². The lowest BCUT2D eigenvalue weighted by Gasteiger charge is -2.00. The van der Waals surface area contributed by atoms with Gasteiger partial charge in [-0.25, -0.2) is 0 Å². The highest BCUT2D eigenvalue weighted by Crippen LogP contribution is 2.09. The zero-order valence-electron chi connectivity index (χ0n) is 9.09. The van der Waals surface area contributed by atoms with Gasteiger partial charge in [0.05, 0.1) is 0 Å². The van der Waals surface area contributed by atoms with Crippen LogP contribution in [-0.2, 0) is 9.59 Å². The molecule has 0 aromatic carbocycles. The second-order valence-electron chi connectivity index (χ2n) is 3.07. The first-order valence-electron chi connectivity index (χ1n) is 4.56. The third-order valence-electron chi connectivity index (χ3n) is 1.73. The molecule has 2 nitrogen and oxygen atoms in total. The highest BCUT2D eigenvalue weighted by Gasteiger charge is 1.91. The molecule has 0 amide bonds. The fourth-order valence-electron chi connectivity index (χ4n) is 0.701. The van der Waals surface area contributed by atoms with Crippen LogP contribution in [0.2, 0.25) is 0 Å². The summed E-state index contributed by atoms with van der Waals surface area (Å²) in [4.78, 5) is 18.7. The lowest BCUT2D eigenvalue weighted by Crippen LogP contribution is -1.82. The third kappa shape index (κ3) is 14.0. The first-order valence-corrected chi connectivity index (χ1v) is 4.56. The Hall–Kier alpha value is -0.920. The van der Waals surface area contributed by atoms with Gasteiger partial charge in [-0.05, 0) is 40.5 Å². The van der Waals surface area contributed by atoms with Crippen LogP contribution in [-0.4, -0.2) is 12.6 Å². The summed E-state index contributed by atoms with van der Waals surface area (Å²) in [5.74, 6) is 0. The predicted octanol–water partition coefficient (Wildman–Crippen LogP) is 2.92. The Morgan fingerprint density at radius 2 is 1.62 bits per heavy atom. The van der Waals surface area contributed by atoms with Gasteiger partial charge in [-0.3, -0.25) is 0 Å². The minimum Gasteiger partial charge on any atom is -0.304 e. The number of hydrogen-bond acceptors (Lipinski definition) is 2. The number of aldehydes is 2. The van der Waals surface area contributed by atoms with E-state index >= 15 is 0 Å². The maximum Gasteiger partial charge on any atom is 0.120 e. The fraction of sp³-hybridized carbons (Fsp3) is 0.636. The molecule has 0 unspecified atom stereocenters. The smallest absolute Gasteiger partial charge is 0.120 e. The summed E-state index contributed by atoms with van der Waals surface area (Å²) in [5.41, 5.74) is 2.80. The molecule has 0 aliphatic heterocycles. The van der Waals surface area contributed by atoms with Gasteiger partial charge in [-0.15, -0.1) is 0 Å². The maximum absolute atomic E-state index is 9.94. The largest absolute Gasteiger partial charge is 0.304 e. The number of hydrogen-bond donors (Lipinski definition) is 0. The topological polar surface area (TPSA) is 34.1 Å². The molecular formula is C11H20O2. The standard InChI is InChI=1S/C9H16O.C2H4O/c1-8(2)9(3)6-4-5-7-10;1-2-3/h7H,4-6H2,1-3H3;2H,1H3. The summed E-state index contributed by atoms with van der Waals surface area (Å²) in [6.45, 7) is 7.78. The first kappa shape index (κ1) is 14.6. The molecule has 0 aliphatic rings. The Labute approximate surface area is 81.0 Å². The Bertz CT molecular complexity index is 165. The Kier molecular flexibility index (Phi) is 12.4. The average Bonchev–Trinajstić information content (AvgIpc) is 2.06. The van der Waals surface area contributed by atoms with E-state index in [2.05, 4.69) is 20.8 Å². The molecule has 0 saturated carbocycles. The van der Waals surface area contributed by atoms with Crippen LogP contribution in [0.15, 0.2) is 11.1 Å². The van der Waals surface area contributed by atoms with E-state index in [0.29, 0.717) is 6.42 Å². The lowest BCUT2D eigenvalue weighted by molar-refractivity contribution is -0.108. The van der Waals surface area contributed by atoms with Crippen molar-refractivity contribution in [1.29, 1.82) is 0 Å². The minimum atomic E-state index is 0.699. The third-order valence-corrected chi connectivity index (χ3v) is 1.73. The van der Waals surface area contributed by atoms with Crippen molar-refractivity contribution in [2.75, 3.05) is 0 Å². The van der Waals surface area contributed by atoms with Crippen molar-refractivity contribution in [3.05, 3.63) is 11.1 Å². The minimum absolute atomic E-state index is 0.699. The average molecular weight is 184 g/mol. The zero-order chi connectivity index (χ0) is 10.7. The summed E-state index contributed by atoms with van der Waals surface area (Å²) < 4.78 is 0. The van der Waals surface area contributed by atoms with Crippen molar-refractivity contribution in [2.45, 2.75) is 47.0 Å². The van der Waals surface area contributed by atoms with E-state index in [9.17, 15) is 4.79 Å². The van der Waals surface area contributed by atoms with E-state index in [1.807, 2.05) is 0 Å². The predicted molar refractivity (Wildman–Crippen MR) is 55.7 cm³/mol. The summed E-state index contributed by atoms with van der Waals surface area (Å²) in [6, 6.07) is 0. The molecule has 0 aromatic rings. The van der Waals surface area contributed by atoms with Gasteiger partial charge in [-0.2, -0.15) is 0 Å². The number of carbonyl (C=O) groups is 2. The summed E-state index contributed by atoms with van der Waals surface area (Å²) >= 11 is 0. The van der Waals surface area contributed by atoms with Gasteiger partial charge < -0.3 is 9.59 Å². The molecule has 0 atom stereocenters. The molecule has 0 N–H and O–H groups in total. The van der Waals surface area contributed by atoms with Crippen molar-refractivity contribution in [3.63, 3.8) is 0 Å². The summed E-state index contributed by atoms with van der Waals surface area (Å²) in [5, 5.41) is 0. The molecule has 2 heteroatoms. The molecule has 0 aliphatic carbocycles. The van der Waals surface area contributed by atoms with Gasteiger partial charge in [0.15, 0.2) is 0 Å². The van der Waals surface area contributed by atoms with Crippen LogP contribution in [0.1, 0.15) is 47.0 Å². The Morgan fingerprint density at radius 3 is 1.92 bits per heavy atom. The zero-order valence-corrected chi connectivity index (χ0v) is 9.09. The fourth-order valence-corrected chi connectivity index (χ4v) is 0.701. The number of rotatable bonds is 4. The number of unbranched alkanes of at least 4 members (excludes halogenated alkanes) is 1. The Morgan fingerprint density at radius 1 is 1.15 bits per heavy atom. The molecule has 0 heterocycles. The SMILES string of the molecule is CC(C)=C(C)CCCC=O.CC=O. The summed E-state index contributed by atoms with van der Waals surface area (Å²) in [6.07, 6.45) is 4.50. The lowest BCUT2D eigenvalue weighted by atomic mass is 10.1. The van der Waals surface area contributed by atoms with Gasteiger partial charge in [-0.1, -0.05) is 11.1 Å². The molecule has 0 rings (SSSR count). The Balaban J connectivity index is 0. The van der Waals surface area contributed by atoms with E-state index in [-0.39, 0.29) is 0 Å². The van der Waals surface area contributed by atoms with Crippen LogP contribution >= 0.6 is 0 Å². The van der Waals surface area contributed by atoms with Crippen LogP contribution in [0.5, 0.6) is 0 Å². The van der Waals surface area contributed by atoms with E-state index in [1.54, 1.807) is 0 Å². The highest BCUT2D eigenvalue weighted by molar-refractivity contribution is 5.49. The second-order valence-corrected chi connectivity index (χ2v) is 3.07. The maximum atomic E-state index is 9.94. The van der Waals surface area contributed by atoms with Crippen LogP contribution < -0.4 is 0 Å². The van der Waals surface area contributed by atoms with Crippen LogP contribution in [0.4, 0.5) is 0 Å². The molecule has 0 fully saturated rings. The van der Waals surface area contributed by atoms with Crippen LogP contribution in [0, 0.1) is 0 Å². The molecule has 0 spiro atoms. The number of allylic oxidation sites excluding steroid dienone is 2. The van der Waals surface area contributed by atoms with E-state index in [4.69, 9.17) is 4.79 Å². The van der Waals surface area contributed by atoms with Crippen LogP contribution in [0.25, 0.3) is 0 Å². The van der Waals surface area contributed by atoms with Gasteiger partial charge in [0.2, 0.25) is 0 Å². The number of carbonyl (C=O) groups excluding carboxylic acids is 2. The first-order chi connectivity index (χ1) is 6.09. The molecule has 0 radical (unpaired) electrons. The molecule has 0 aromatic heterocycles. The molecule has 13 heavy (non-hydrogen) atoms. The van der Waals surface area contributed by atoms with Crippen molar-refractivity contribution in [2.24, 2.45) is 0 Å². The van der Waals surface area contributed by atoms with Crippen LogP contribution in [0.3, 0.4) is 0 Å². The van der Waals surface area contributed by atoms with Crippen molar-refractivity contribution >= 4 is 12.6 Å². The van der Waals surface area contributed by atoms with Gasteiger partial charge >= 0.3 is 0 Å². The van der Waals surface area contributed by atoms with Crippen molar-refractivity contribution in [3.8, 4) is 0 Å². The van der Waals surface area contributed by atoms with E-state index in [0.717, 1.165) is 25.4 Å². The van der Waals surface area contributed by atoms with Gasteiger partial charge in [0.25, 0.3) is 0 Å².